The Hall–Kier alpha value is -3.72. The Labute approximate surface area is 352 Å². The molecule has 18 nitrogen and oxygen atoms in total. The molecular formula is C41H65FN8O10. The molecule has 0 spiro atoms. The number of hydrogen-bond acceptors (Lipinski definition) is 16. The van der Waals surface area contributed by atoms with Crippen molar-refractivity contribution >= 4 is 17.8 Å². The molecule has 0 saturated carbocycles. The van der Waals surface area contributed by atoms with Crippen molar-refractivity contribution in [3.05, 3.63) is 24.5 Å². The van der Waals surface area contributed by atoms with Gasteiger partial charge in [0.25, 0.3) is 5.67 Å². The number of fused-ring (bicyclic) bond motifs is 1. The number of ketones is 1. The summed E-state index contributed by atoms with van der Waals surface area (Å²) in [6.07, 6.45) is -0.474. The zero-order chi connectivity index (χ0) is 44.2. The molecule has 0 radical (unpaired) electrons. The van der Waals surface area contributed by atoms with Gasteiger partial charge in [-0.15, -0.1) is 10.2 Å². The molecule has 3 aliphatic heterocycles. The highest BCUT2D eigenvalue weighted by molar-refractivity contribution is 6.07. The van der Waals surface area contributed by atoms with Crippen LogP contribution in [0, 0.1) is 11.8 Å². The number of unbranched alkanes of at least 4 members (excludes halogenated alkanes) is 1. The van der Waals surface area contributed by atoms with E-state index >= 15 is 4.39 Å². The average molecular weight is 849 g/mol. The van der Waals surface area contributed by atoms with Crippen molar-refractivity contribution in [2.45, 2.75) is 153 Å². The van der Waals surface area contributed by atoms with Gasteiger partial charge in [-0.25, -0.2) is 14.0 Å². The molecule has 0 bridgehead atoms. The second kappa shape index (κ2) is 19.5. The van der Waals surface area contributed by atoms with Crippen LogP contribution in [-0.2, 0) is 44.6 Å². The van der Waals surface area contributed by atoms with Crippen LogP contribution >= 0.6 is 0 Å². The molecule has 3 aliphatic rings. The van der Waals surface area contributed by atoms with Gasteiger partial charge in [0.2, 0.25) is 0 Å². The maximum absolute atomic E-state index is 17.0. The van der Waals surface area contributed by atoms with Crippen LogP contribution in [0.5, 0.6) is 0 Å². The molecule has 5 heterocycles. The van der Waals surface area contributed by atoms with E-state index in [1.54, 1.807) is 48.0 Å². The number of aliphatic hydroxyl groups is 1. The number of carbonyl (C=O) groups excluding carboxylic acids is 3. The van der Waals surface area contributed by atoms with Gasteiger partial charge >= 0.3 is 12.1 Å². The molecule has 1 amide bonds. The molecule has 3 saturated heterocycles. The molecule has 2 N–H and O–H groups in total. The number of hydrogen-bond donors (Lipinski definition) is 2. The molecule has 336 valence electrons. The summed E-state index contributed by atoms with van der Waals surface area (Å²) in [5, 5.41) is 31.4. The second-order valence-electron chi connectivity index (χ2n) is 17.2. The molecule has 0 aromatic carbocycles. The maximum atomic E-state index is 17.0. The summed E-state index contributed by atoms with van der Waals surface area (Å²) >= 11 is 0. The van der Waals surface area contributed by atoms with E-state index in [1.807, 2.05) is 39.8 Å². The Morgan fingerprint density at radius 2 is 1.75 bits per heavy atom. The van der Waals surface area contributed by atoms with Gasteiger partial charge in [-0.05, 0) is 92.1 Å². The first kappa shape index (κ1) is 47.3. The van der Waals surface area contributed by atoms with Gasteiger partial charge in [-0.1, -0.05) is 26.0 Å². The molecule has 60 heavy (non-hydrogen) atoms. The van der Waals surface area contributed by atoms with Crippen LogP contribution in [0.4, 0.5) is 9.18 Å². The Bertz CT molecular complexity index is 1750. The van der Waals surface area contributed by atoms with E-state index in [4.69, 9.17) is 28.4 Å². The number of methoxy groups -OCH3 is 2. The molecule has 19 heteroatoms. The topological polar surface area (TPSA) is 202 Å². The van der Waals surface area contributed by atoms with E-state index in [0.717, 1.165) is 6.92 Å². The number of aromatic nitrogens is 5. The Kier molecular flexibility index (Phi) is 15.4. The first-order valence-electron chi connectivity index (χ1n) is 20.9. The normalized spacial score (nSPS) is 35.7. The zero-order valence-electron chi connectivity index (χ0n) is 36.9. The Balaban J connectivity index is 1.43. The van der Waals surface area contributed by atoms with Crippen molar-refractivity contribution in [3.8, 4) is 11.4 Å². The predicted octanol–water partition coefficient (Wildman–Crippen LogP) is 3.17. The lowest BCUT2D eigenvalue weighted by Crippen LogP contribution is -2.61. The van der Waals surface area contributed by atoms with E-state index in [0.29, 0.717) is 50.3 Å². The SMILES string of the molecule is CC[C@H]1OC(=O)C(C)(F)C(=O)[C@H](C)[C@@H](O[C@@H]2OC(C)CC(N(C)C)C2O)C(OC)(OC)C[C@@H](C)CN[C@H](C)[C@H]2N(CCCCn3cc(-c4cccnn4)nn3)C(=O)O[C@]12C. The Morgan fingerprint density at radius 3 is 2.38 bits per heavy atom. The second-order valence-corrected chi connectivity index (χ2v) is 17.2. The first-order chi connectivity index (χ1) is 28.3. The number of carbonyl (C=O) groups is 3. The van der Waals surface area contributed by atoms with E-state index in [-0.39, 0.29) is 30.9 Å². The van der Waals surface area contributed by atoms with Crippen molar-refractivity contribution in [1.82, 2.24) is 40.3 Å². The largest absolute Gasteiger partial charge is 0.455 e. The molecular weight excluding hydrogens is 783 g/mol. The van der Waals surface area contributed by atoms with Crippen molar-refractivity contribution in [1.29, 1.82) is 0 Å². The number of rotatable bonds is 12. The summed E-state index contributed by atoms with van der Waals surface area (Å²) < 4.78 is 55.5. The monoisotopic (exact) mass is 848 g/mol. The van der Waals surface area contributed by atoms with Crippen molar-refractivity contribution in [2.24, 2.45) is 11.8 Å². The summed E-state index contributed by atoms with van der Waals surface area (Å²) in [6.45, 7) is 12.6. The van der Waals surface area contributed by atoms with Gasteiger partial charge in [0.15, 0.2) is 23.5 Å². The lowest BCUT2D eigenvalue weighted by Gasteiger charge is -2.47. The van der Waals surface area contributed by atoms with Gasteiger partial charge in [0.05, 0.1) is 24.3 Å². The van der Waals surface area contributed by atoms with Gasteiger partial charge in [0, 0.05) is 52.0 Å². The zero-order valence-corrected chi connectivity index (χ0v) is 36.9. The van der Waals surface area contributed by atoms with Crippen LogP contribution in [0.25, 0.3) is 11.4 Å². The number of Topliss-reactive ketones (excluding diaryl/α,β-unsaturated/α-hetero) is 1. The highest BCUT2D eigenvalue weighted by Crippen LogP contribution is 2.41. The minimum atomic E-state index is -3.19. The van der Waals surface area contributed by atoms with Crippen LogP contribution in [0.2, 0.25) is 0 Å². The van der Waals surface area contributed by atoms with Crippen molar-refractivity contribution in [3.63, 3.8) is 0 Å². The van der Waals surface area contributed by atoms with Gasteiger partial charge in [-0.3, -0.25) is 14.4 Å². The summed E-state index contributed by atoms with van der Waals surface area (Å²) in [4.78, 5) is 45.6. The van der Waals surface area contributed by atoms with E-state index < -0.39 is 77.5 Å². The summed E-state index contributed by atoms with van der Waals surface area (Å²) in [6, 6.07) is 2.09. The van der Waals surface area contributed by atoms with Crippen molar-refractivity contribution < 1.29 is 52.3 Å². The number of aliphatic hydroxyl groups excluding tert-OH is 1. The number of aryl methyl sites for hydroxylation is 1. The first-order valence-corrected chi connectivity index (χ1v) is 20.9. The summed E-state index contributed by atoms with van der Waals surface area (Å²) in [5.74, 6) is -5.89. The van der Waals surface area contributed by atoms with E-state index in [2.05, 4.69) is 25.8 Å². The standard InChI is InChI=1S/C41H65FN8O10/c1-12-31-40(7)33(50(38(54)60-40)19-14-13-18-49-23-29(46-47-49)28-16-15-17-44-45-28)27(5)43-22-24(2)21-41(55-10,56-11)35(26(4)34(52)39(6,42)37(53)58-31)59-36-32(51)30(48(8)9)20-25(3)57-36/h15-17,23-27,30-33,35-36,43,51H,12-14,18-22H2,1-11H3/t24-,25?,26+,27-,30?,31-,32?,33-,35-,36+,39?,40-/m1/s1. The maximum Gasteiger partial charge on any atom is 0.410 e. The third kappa shape index (κ3) is 9.82. The van der Waals surface area contributed by atoms with Crippen LogP contribution in [0.15, 0.2) is 24.5 Å². The summed E-state index contributed by atoms with van der Waals surface area (Å²) in [5.41, 5.74) is -3.44. The molecule has 2 aromatic heterocycles. The number of alkyl halides is 1. The molecule has 2 aromatic rings. The number of amides is 1. The van der Waals surface area contributed by atoms with Gasteiger partial charge in [-0.2, -0.15) is 5.10 Å². The highest BCUT2D eigenvalue weighted by atomic mass is 19.1. The Morgan fingerprint density at radius 1 is 1.05 bits per heavy atom. The molecule has 0 aliphatic carbocycles. The van der Waals surface area contributed by atoms with Crippen LogP contribution in [0.1, 0.15) is 80.6 Å². The molecule has 5 rings (SSSR count). The number of halogens is 1. The summed E-state index contributed by atoms with van der Waals surface area (Å²) in [7, 11) is 6.47. The quantitative estimate of drug-likeness (QED) is 0.136. The minimum Gasteiger partial charge on any atom is -0.455 e. The number of esters is 1. The van der Waals surface area contributed by atoms with E-state index in [1.165, 1.54) is 21.1 Å². The van der Waals surface area contributed by atoms with Gasteiger partial charge < -0.3 is 43.7 Å². The van der Waals surface area contributed by atoms with E-state index in [9.17, 15) is 19.5 Å². The van der Waals surface area contributed by atoms with Gasteiger partial charge in [0.1, 0.15) is 29.7 Å². The predicted molar refractivity (Wildman–Crippen MR) is 215 cm³/mol. The lowest BCUT2D eigenvalue weighted by molar-refractivity contribution is -0.341. The number of ether oxygens (including phenoxy) is 6. The number of nitrogens with one attached hydrogen (secondary N) is 1. The molecule has 12 atom stereocenters. The number of likely N-dealkylation sites (N-methyl/N-ethyl adjacent to an activating group) is 1. The smallest absolute Gasteiger partial charge is 0.410 e. The molecule has 4 unspecified atom stereocenters. The third-order valence-electron chi connectivity index (χ3n) is 12.4. The number of cyclic esters (lactones) is 1. The fourth-order valence-electron chi connectivity index (χ4n) is 9.07. The lowest BCUT2D eigenvalue weighted by atomic mass is 9.82. The third-order valence-corrected chi connectivity index (χ3v) is 12.4. The fourth-order valence-corrected chi connectivity index (χ4v) is 9.07. The molecule has 3 fully saturated rings. The van der Waals surface area contributed by atoms with Crippen LogP contribution in [0.3, 0.4) is 0 Å². The highest BCUT2D eigenvalue weighted by Gasteiger charge is 2.60. The average Bonchev–Trinajstić information content (AvgIpc) is 3.80. The number of nitrogens with zero attached hydrogens (tertiary/aromatic N) is 7. The van der Waals surface area contributed by atoms with Crippen LogP contribution in [-0.4, -0.2) is 165 Å². The van der Waals surface area contributed by atoms with Crippen LogP contribution < -0.4 is 5.32 Å². The fraction of sp³-hybridized carbons (Fsp3) is 0.780. The minimum absolute atomic E-state index is 0.129. The van der Waals surface area contributed by atoms with Crippen molar-refractivity contribution in [2.75, 3.05) is 41.4 Å².